The monoisotopic (exact) mass is 445 g/mol. The van der Waals surface area contributed by atoms with Crippen LogP contribution in [-0.2, 0) is 17.9 Å². The molecule has 33 heavy (non-hydrogen) atoms. The predicted molar refractivity (Wildman–Crippen MR) is 122 cm³/mol. The van der Waals surface area contributed by atoms with Gasteiger partial charge >= 0.3 is 5.69 Å². The Morgan fingerprint density at radius 2 is 1.67 bits per heavy atom. The van der Waals surface area contributed by atoms with Crippen molar-refractivity contribution in [2.45, 2.75) is 20.0 Å². The minimum absolute atomic E-state index is 0.159. The van der Waals surface area contributed by atoms with Crippen molar-refractivity contribution in [3.05, 3.63) is 111 Å². The van der Waals surface area contributed by atoms with E-state index in [9.17, 15) is 23.6 Å². The second-order valence-electron chi connectivity index (χ2n) is 7.54. The molecular formula is C25H20FN3O4. The van der Waals surface area contributed by atoms with Crippen molar-refractivity contribution in [3.8, 4) is 5.69 Å². The minimum atomic E-state index is -0.698. The third kappa shape index (κ3) is 4.50. The fourth-order valence-electron chi connectivity index (χ4n) is 3.57. The molecule has 0 aliphatic carbocycles. The number of carbonyl (C=O) groups excluding carboxylic acids is 2. The van der Waals surface area contributed by atoms with Crippen LogP contribution in [0.15, 0.2) is 82.4 Å². The largest absolute Gasteiger partial charge is 0.350 e. The molecule has 3 aromatic carbocycles. The number of carbonyl (C=O) groups is 2. The van der Waals surface area contributed by atoms with E-state index >= 15 is 0 Å². The van der Waals surface area contributed by atoms with Gasteiger partial charge in [-0.3, -0.25) is 19.0 Å². The maximum absolute atomic E-state index is 13.4. The summed E-state index contributed by atoms with van der Waals surface area (Å²) in [5.41, 5.74) is 0.381. The van der Waals surface area contributed by atoms with Crippen LogP contribution in [0.1, 0.15) is 22.8 Å². The first-order valence-electron chi connectivity index (χ1n) is 10.2. The molecule has 0 fully saturated rings. The number of Topliss-reactive ketones (excluding diaryl/α,β-unsaturated/α-hetero) is 1. The predicted octanol–water partition coefficient (Wildman–Crippen LogP) is 2.81. The van der Waals surface area contributed by atoms with Crippen molar-refractivity contribution in [2.75, 3.05) is 0 Å². The fourth-order valence-corrected chi connectivity index (χ4v) is 3.57. The maximum Gasteiger partial charge on any atom is 0.336 e. The first-order valence-corrected chi connectivity index (χ1v) is 10.2. The summed E-state index contributed by atoms with van der Waals surface area (Å²) in [4.78, 5) is 50.9. The number of para-hydroxylation sites is 1. The lowest BCUT2D eigenvalue weighted by Gasteiger charge is -2.14. The molecule has 1 aromatic heterocycles. The number of aromatic nitrogens is 2. The molecule has 0 radical (unpaired) electrons. The molecule has 0 aliphatic heterocycles. The van der Waals surface area contributed by atoms with E-state index in [1.165, 1.54) is 29.7 Å². The summed E-state index contributed by atoms with van der Waals surface area (Å²) in [6.07, 6.45) is 0. The maximum atomic E-state index is 13.4. The van der Waals surface area contributed by atoms with Gasteiger partial charge in [0.05, 0.1) is 16.6 Å². The lowest BCUT2D eigenvalue weighted by molar-refractivity contribution is -0.121. The summed E-state index contributed by atoms with van der Waals surface area (Å²) >= 11 is 0. The fraction of sp³-hybridized carbons (Fsp3) is 0.120. The van der Waals surface area contributed by atoms with Crippen LogP contribution in [0.3, 0.4) is 0 Å². The van der Waals surface area contributed by atoms with Crippen molar-refractivity contribution >= 4 is 22.6 Å². The Morgan fingerprint density at radius 3 is 2.39 bits per heavy atom. The van der Waals surface area contributed by atoms with Gasteiger partial charge in [0, 0.05) is 12.1 Å². The van der Waals surface area contributed by atoms with Crippen molar-refractivity contribution in [3.63, 3.8) is 0 Å². The molecule has 0 bridgehead atoms. The Balaban J connectivity index is 1.75. The van der Waals surface area contributed by atoms with Crippen LogP contribution in [0, 0.1) is 5.82 Å². The highest BCUT2D eigenvalue weighted by atomic mass is 19.1. The smallest absolute Gasteiger partial charge is 0.336 e. The molecule has 0 saturated carbocycles. The van der Waals surface area contributed by atoms with E-state index in [0.29, 0.717) is 16.6 Å². The van der Waals surface area contributed by atoms with E-state index < -0.39 is 17.2 Å². The summed E-state index contributed by atoms with van der Waals surface area (Å²) in [5, 5.41) is 2.96. The highest BCUT2D eigenvalue weighted by molar-refractivity contribution is 5.94. The van der Waals surface area contributed by atoms with Crippen LogP contribution < -0.4 is 16.6 Å². The van der Waals surface area contributed by atoms with Gasteiger partial charge in [0.2, 0.25) is 5.91 Å². The molecule has 0 atom stereocenters. The average molecular weight is 445 g/mol. The lowest BCUT2D eigenvalue weighted by Crippen LogP contribution is -2.41. The van der Waals surface area contributed by atoms with Crippen LogP contribution >= 0.6 is 0 Å². The Kier molecular flexibility index (Phi) is 5.99. The number of hydrogen-bond acceptors (Lipinski definition) is 4. The van der Waals surface area contributed by atoms with Gasteiger partial charge in [-0.25, -0.2) is 13.8 Å². The molecule has 0 saturated heterocycles. The number of ketones is 1. The Bertz CT molecular complexity index is 1490. The molecule has 1 amide bonds. The molecule has 166 valence electrons. The summed E-state index contributed by atoms with van der Waals surface area (Å²) < 4.78 is 15.3. The SMILES string of the molecule is CC(=O)c1cccc(-n2c(=O)c3ccccc3n(CC(=O)NCc3ccc(F)cc3)c2=O)c1. The highest BCUT2D eigenvalue weighted by Crippen LogP contribution is 2.12. The van der Waals surface area contributed by atoms with Gasteiger partial charge in [-0.05, 0) is 48.9 Å². The normalized spacial score (nSPS) is 10.8. The molecule has 0 unspecified atom stereocenters. The first kappa shape index (κ1) is 21.9. The van der Waals surface area contributed by atoms with Crippen LogP contribution in [-0.4, -0.2) is 20.8 Å². The number of nitrogens with zero attached hydrogens (tertiary/aromatic N) is 2. The molecule has 1 heterocycles. The van der Waals surface area contributed by atoms with Crippen molar-refractivity contribution in [2.24, 2.45) is 0 Å². The van der Waals surface area contributed by atoms with E-state index in [1.807, 2.05) is 0 Å². The molecule has 4 aromatic rings. The van der Waals surface area contributed by atoms with E-state index in [0.717, 1.165) is 4.57 Å². The first-order chi connectivity index (χ1) is 15.8. The lowest BCUT2D eigenvalue weighted by atomic mass is 10.1. The van der Waals surface area contributed by atoms with Crippen LogP contribution in [0.2, 0.25) is 0 Å². The molecule has 0 aliphatic rings. The second kappa shape index (κ2) is 9.04. The Hall–Kier alpha value is -4.33. The summed E-state index contributed by atoms with van der Waals surface area (Å²) in [6, 6.07) is 18.4. The number of nitrogens with one attached hydrogen (secondary N) is 1. The van der Waals surface area contributed by atoms with Crippen molar-refractivity contribution < 1.29 is 14.0 Å². The zero-order chi connectivity index (χ0) is 23.5. The van der Waals surface area contributed by atoms with E-state index in [4.69, 9.17) is 0 Å². The number of amides is 1. The van der Waals surface area contributed by atoms with E-state index in [2.05, 4.69) is 5.32 Å². The molecule has 7 nitrogen and oxygen atoms in total. The number of benzene rings is 3. The van der Waals surface area contributed by atoms with Crippen LogP contribution in [0.4, 0.5) is 4.39 Å². The minimum Gasteiger partial charge on any atom is -0.350 e. The quantitative estimate of drug-likeness (QED) is 0.462. The van der Waals surface area contributed by atoms with Gasteiger partial charge in [-0.15, -0.1) is 0 Å². The summed E-state index contributed by atoms with van der Waals surface area (Å²) in [5.74, 6) is -1.03. The Labute approximate surface area is 187 Å². The molecule has 8 heteroatoms. The number of fused-ring (bicyclic) bond motifs is 1. The van der Waals surface area contributed by atoms with Gasteiger partial charge in [0.15, 0.2) is 5.78 Å². The topological polar surface area (TPSA) is 90.2 Å². The van der Waals surface area contributed by atoms with E-state index in [1.54, 1.807) is 54.6 Å². The van der Waals surface area contributed by atoms with E-state index in [-0.39, 0.29) is 35.8 Å². The standard InChI is InChI=1S/C25H20FN3O4/c1-16(30)18-5-4-6-20(13-18)29-24(32)21-7-2-3-8-22(21)28(25(29)33)15-23(31)27-14-17-9-11-19(26)12-10-17/h2-13H,14-15H2,1H3,(H,27,31). The van der Waals surface area contributed by atoms with Gasteiger partial charge in [-0.1, -0.05) is 36.4 Å². The van der Waals surface area contributed by atoms with Gasteiger partial charge in [0.1, 0.15) is 12.4 Å². The van der Waals surface area contributed by atoms with Crippen molar-refractivity contribution in [1.82, 2.24) is 14.5 Å². The Morgan fingerprint density at radius 1 is 0.939 bits per heavy atom. The van der Waals surface area contributed by atoms with Gasteiger partial charge < -0.3 is 5.32 Å². The highest BCUT2D eigenvalue weighted by Gasteiger charge is 2.17. The third-order valence-corrected chi connectivity index (χ3v) is 5.27. The zero-order valence-electron chi connectivity index (χ0n) is 17.7. The average Bonchev–Trinajstić information content (AvgIpc) is 2.82. The van der Waals surface area contributed by atoms with Gasteiger partial charge in [0.25, 0.3) is 5.56 Å². The number of hydrogen-bond donors (Lipinski definition) is 1. The third-order valence-electron chi connectivity index (χ3n) is 5.27. The van der Waals surface area contributed by atoms with Gasteiger partial charge in [-0.2, -0.15) is 0 Å². The molecular weight excluding hydrogens is 425 g/mol. The number of rotatable bonds is 6. The zero-order valence-corrected chi connectivity index (χ0v) is 17.7. The molecule has 1 N–H and O–H groups in total. The van der Waals surface area contributed by atoms with Crippen LogP contribution in [0.25, 0.3) is 16.6 Å². The molecule has 0 spiro atoms. The second-order valence-corrected chi connectivity index (χ2v) is 7.54. The number of halogens is 1. The molecule has 4 rings (SSSR count). The van der Waals surface area contributed by atoms with Crippen LogP contribution in [0.5, 0.6) is 0 Å². The van der Waals surface area contributed by atoms with Crippen molar-refractivity contribution in [1.29, 1.82) is 0 Å². The summed E-state index contributed by atoms with van der Waals surface area (Å²) in [6.45, 7) is 1.23. The summed E-state index contributed by atoms with van der Waals surface area (Å²) in [7, 11) is 0.